The monoisotopic (exact) mass is 321 g/mol. The average Bonchev–Trinajstić information content (AvgIpc) is 3.01. The zero-order chi connectivity index (χ0) is 16.1. The molecular formula is C14H15N3O4S. The molecule has 22 heavy (non-hydrogen) atoms. The minimum atomic E-state index is -1.15. The van der Waals surface area contributed by atoms with Crippen LogP contribution in [-0.4, -0.2) is 33.7 Å². The first-order chi connectivity index (χ1) is 10.6. The number of carbonyl (C=O) groups excluding carboxylic acids is 1. The normalized spacial score (nSPS) is 11.7. The maximum atomic E-state index is 12.2. The van der Waals surface area contributed by atoms with Gasteiger partial charge in [-0.15, -0.1) is 5.10 Å². The van der Waals surface area contributed by atoms with Crippen molar-refractivity contribution >= 4 is 23.4 Å². The van der Waals surface area contributed by atoms with Gasteiger partial charge < -0.3 is 15.2 Å². The third-order valence-electron chi connectivity index (χ3n) is 3.07. The SMILES string of the molecule is CCc1nnsc1C(=O)NC(C(=O)O)c1ccc(OC)cc1. The van der Waals surface area contributed by atoms with Crippen LogP contribution in [0, 0.1) is 0 Å². The van der Waals surface area contributed by atoms with Crippen molar-refractivity contribution in [1.82, 2.24) is 14.9 Å². The van der Waals surface area contributed by atoms with Crippen molar-refractivity contribution in [1.29, 1.82) is 0 Å². The Morgan fingerprint density at radius 3 is 2.59 bits per heavy atom. The van der Waals surface area contributed by atoms with Gasteiger partial charge in [0, 0.05) is 0 Å². The summed E-state index contributed by atoms with van der Waals surface area (Å²) in [6.45, 7) is 1.85. The third kappa shape index (κ3) is 3.40. The van der Waals surface area contributed by atoms with Gasteiger partial charge in [-0.25, -0.2) is 4.79 Å². The maximum absolute atomic E-state index is 12.2. The molecule has 0 aliphatic rings. The molecule has 1 amide bonds. The summed E-state index contributed by atoms with van der Waals surface area (Å²) < 4.78 is 8.76. The minimum Gasteiger partial charge on any atom is -0.497 e. The number of benzene rings is 1. The molecule has 0 spiro atoms. The fourth-order valence-electron chi connectivity index (χ4n) is 1.89. The van der Waals surface area contributed by atoms with E-state index in [4.69, 9.17) is 4.74 Å². The zero-order valence-electron chi connectivity index (χ0n) is 12.1. The van der Waals surface area contributed by atoms with Gasteiger partial charge in [-0.2, -0.15) is 0 Å². The Bertz CT molecular complexity index is 669. The zero-order valence-corrected chi connectivity index (χ0v) is 12.9. The largest absolute Gasteiger partial charge is 0.497 e. The van der Waals surface area contributed by atoms with Crippen LogP contribution in [0.3, 0.4) is 0 Å². The van der Waals surface area contributed by atoms with Gasteiger partial charge in [-0.3, -0.25) is 4.79 Å². The molecule has 2 aromatic rings. The highest BCUT2D eigenvalue weighted by Gasteiger charge is 2.25. The van der Waals surface area contributed by atoms with Crippen molar-refractivity contribution < 1.29 is 19.4 Å². The van der Waals surface area contributed by atoms with Crippen LogP contribution < -0.4 is 10.1 Å². The molecule has 0 fully saturated rings. The van der Waals surface area contributed by atoms with Crippen molar-refractivity contribution in [2.75, 3.05) is 7.11 Å². The van der Waals surface area contributed by atoms with Crippen LogP contribution in [0.5, 0.6) is 5.75 Å². The highest BCUT2D eigenvalue weighted by Crippen LogP contribution is 2.19. The number of carbonyl (C=O) groups is 2. The van der Waals surface area contributed by atoms with Crippen LogP contribution in [0.25, 0.3) is 0 Å². The molecule has 1 aromatic carbocycles. The highest BCUT2D eigenvalue weighted by molar-refractivity contribution is 7.08. The Morgan fingerprint density at radius 1 is 1.36 bits per heavy atom. The number of hydrogen-bond donors (Lipinski definition) is 2. The van der Waals surface area contributed by atoms with Gasteiger partial charge in [0.25, 0.3) is 5.91 Å². The summed E-state index contributed by atoms with van der Waals surface area (Å²) in [5, 5.41) is 15.7. The number of nitrogens with one attached hydrogen (secondary N) is 1. The maximum Gasteiger partial charge on any atom is 0.330 e. The van der Waals surface area contributed by atoms with Crippen molar-refractivity contribution in [2.24, 2.45) is 0 Å². The summed E-state index contributed by atoms with van der Waals surface area (Å²) in [5.74, 6) is -1.02. The molecule has 0 bridgehead atoms. The van der Waals surface area contributed by atoms with E-state index in [1.807, 2.05) is 6.92 Å². The summed E-state index contributed by atoms with van der Waals surface area (Å²) in [7, 11) is 1.52. The van der Waals surface area contributed by atoms with Gasteiger partial charge in [-0.1, -0.05) is 23.5 Å². The number of nitrogens with zero attached hydrogens (tertiary/aromatic N) is 2. The number of carboxylic acid groups (broad SMARTS) is 1. The van der Waals surface area contributed by atoms with Crippen molar-refractivity contribution in [3.05, 3.63) is 40.4 Å². The molecule has 7 nitrogen and oxygen atoms in total. The van der Waals surface area contributed by atoms with Crippen molar-refractivity contribution in [2.45, 2.75) is 19.4 Å². The van der Waals surface area contributed by atoms with E-state index in [0.29, 0.717) is 28.3 Å². The lowest BCUT2D eigenvalue weighted by Gasteiger charge is -2.15. The summed E-state index contributed by atoms with van der Waals surface area (Å²) in [5.41, 5.74) is 1.01. The van der Waals surface area contributed by atoms with Crippen LogP contribution in [0.2, 0.25) is 0 Å². The molecular weight excluding hydrogens is 306 g/mol. The van der Waals surface area contributed by atoms with Gasteiger partial charge in [-0.05, 0) is 35.6 Å². The molecule has 1 atom stereocenters. The molecule has 1 heterocycles. The van der Waals surface area contributed by atoms with Gasteiger partial charge in [0.15, 0.2) is 6.04 Å². The molecule has 2 rings (SSSR count). The molecule has 1 unspecified atom stereocenters. The Kier molecular flexibility index (Phi) is 5.05. The van der Waals surface area contributed by atoms with Crippen LogP contribution in [0.15, 0.2) is 24.3 Å². The summed E-state index contributed by atoms with van der Waals surface area (Å²) in [6.07, 6.45) is 0.555. The smallest absolute Gasteiger partial charge is 0.330 e. The molecule has 0 aliphatic carbocycles. The predicted octanol–water partition coefficient (Wildman–Crippen LogP) is 1.66. The lowest BCUT2D eigenvalue weighted by Crippen LogP contribution is -2.33. The first kappa shape index (κ1) is 15.9. The van der Waals surface area contributed by atoms with Crippen LogP contribution in [0.4, 0.5) is 0 Å². The molecule has 0 saturated carbocycles. The first-order valence-electron chi connectivity index (χ1n) is 6.55. The van der Waals surface area contributed by atoms with E-state index in [1.165, 1.54) is 7.11 Å². The number of amides is 1. The van der Waals surface area contributed by atoms with Crippen molar-refractivity contribution in [3.63, 3.8) is 0 Å². The Balaban J connectivity index is 2.21. The fourth-order valence-corrected chi connectivity index (χ4v) is 2.55. The highest BCUT2D eigenvalue weighted by atomic mass is 32.1. The average molecular weight is 321 g/mol. The fraction of sp³-hybridized carbons (Fsp3) is 0.286. The molecule has 0 aliphatic heterocycles. The second-order valence-corrected chi connectivity index (χ2v) is 5.17. The Morgan fingerprint density at radius 2 is 2.05 bits per heavy atom. The number of hydrogen-bond acceptors (Lipinski definition) is 6. The van der Waals surface area contributed by atoms with Crippen molar-refractivity contribution in [3.8, 4) is 5.75 Å². The van der Waals surface area contributed by atoms with Gasteiger partial charge in [0.1, 0.15) is 10.6 Å². The quantitative estimate of drug-likeness (QED) is 0.839. The third-order valence-corrected chi connectivity index (χ3v) is 3.84. The summed E-state index contributed by atoms with van der Waals surface area (Å²) >= 11 is 0.951. The van der Waals surface area contributed by atoms with Crippen LogP contribution in [0.1, 0.15) is 33.9 Å². The van der Waals surface area contributed by atoms with Gasteiger partial charge >= 0.3 is 5.97 Å². The van der Waals surface area contributed by atoms with Crippen LogP contribution in [-0.2, 0) is 11.2 Å². The number of ether oxygens (including phenoxy) is 1. The topological polar surface area (TPSA) is 101 Å². The minimum absolute atomic E-state index is 0.335. The van der Waals surface area contributed by atoms with E-state index in [0.717, 1.165) is 11.5 Å². The number of aliphatic carboxylic acids is 1. The summed E-state index contributed by atoms with van der Waals surface area (Å²) in [6, 6.07) is 5.34. The predicted molar refractivity (Wildman–Crippen MR) is 80.1 cm³/mol. The molecule has 8 heteroatoms. The van der Waals surface area contributed by atoms with E-state index in [-0.39, 0.29) is 0 Å². The van der Waals surface area contributed by atoms with Crippen LogP contribution >= 0.6 is 11.5 Å². The Labute approximate surface area is 131 Å². The summed E-state index contributed by atoms with van der Waals surface area (Å²) in [4.78, 5) is 24.0. The second-order valence-electron chi connectivity index (χ2n) is 4.42. The van der Waals surface area contributed by atoms with E-state index in [2.05, 4.69) is 14.9 Å². The molecule has 1 aromatic heterocycles. The van der Waals surface area contributed by atoms with E-state index < -0.39 is 17.9 Å². The first-order valence-corrected chi connectivity index (χ1v) is 7.33. The van der Waals surface area contributed by atoms with Gasteiger partial charge in [0.2, 0.25) is 0 Å². The molecule has 2 N–H and O–H groups in total. The molecule has 0 radical (unpaired) electrons. The number of carboxylic acids is 1. The number of methoxy groups -OCH3 is 1. The number of aryl methyl sites for hydroxylation is 1. The van der Waals surface area contributed by atoms with E-state index >= 15 is 0 Å². The molecule has 116 valence electrons. The van der Waals surface area contributed by atoms with Gasteiger partial charge in [0.05, 0.1) is 12.8 Å². The van der Waals surface area contributed by atoms with E-state index in [9.17, 15) is 14.7 Å². The Hall–Kier alpha value is -2.48. The number of aromatic nitrogens is 2. The number of rotatable bonds is 6. The molecule has 0 saturated heterocycles. The van der Waals surface area contributed by atoms with E-state index in [1.54, 1.807) is 24.3 Å². The lowest BCUT2D eigenvalue weighted by atomic mass is 10.1. The lowest BCUT2D eigenvalue weighted by molar-refractivity contribution is -0.139. The second kappa shape index (κ2) is 6.99. The standard InChI is InChI=1S/C14H15N3O4S/c1-3-10-12(22-17-16-10)13(18)15-11(14(19)20)8-4-6-9(21-2)7-5-8/h4-7,11H,3H2,1-2H3,(H,15,18)(H,19,20).